The highest BCUT2D eigenvalue weighted by Crippen LogP contribution is 2.43. The van der Waals surface area contributed by atoms with Crippen LogP contribution >= 0.6 is 0 Å². The number of piperazine rings is 1. The molecular weight excluding hydrogens is 274 g/mol. The van der Waals surface area contributed by atoms with Crippen LogP contribution in [-0.4, -0.2) is 50.1 Å². The maximum absolute atomic E-state index is 12.7. The molecule has 1 heterocycles. The van der Waals surface area contributed by atoms with Crippen LogP contribution in [0, 0.1) is 0 Å². The summed E-state index contributed by atoms with van der Waals surface area (Å²) < 4.78 is 0. The lowest BCUT2D eigenvalue weighted by atomic mass is 9.64. The number of benzene rings is 1. The van der Waals surface area contributed by atoms with Crippen LogP contribution in [-0.2, 0) is 10.2 Å². The van der Waals surface area contributed by atoms with E-state index in [1.165, 1.54) is 5.56 Å². The lowest BCUT2D eigenvalue weighted by Gasteiger charge is -2.40. The Morgan fingerprint density at radius 3 is 2.55 bits per heavy atom. The van der Waals surface area contributed by atoms with E-state index in [4.69, 9.17) is 0 Å². The van der Waals surface area contributed by atoms with E-state index in [-0.39, 0.29) is 11.3 Å². The van der Waals surface area contributed by atoms with Gasteiger partial charge in [0.25, 0.3) is 0 Å². The normalized spacial score (nSPS) is 21.1. The molecule has 1 saturated carbocycles. The first-order valence-corrected chi connectivity index (χ1v) is 8.58. The molecule has 1 aliphatic carbocycles. The number of rotatable bonds is 6. The number of hydrogen-bond donors (Lipinski definition) is 2. The minimum Gasteiger partial charge on any atom is -0.355 e. The van der Waals surface area contributed by atoms with Crippen LogP contribution in [0.5, 0.6) is 0 Å². The molecule has 1 aromatic rings. The fourth-order valence-corrected chi connectivity index (χ4v) is 3.54. The maximum Gasteiger partial charge on any atom is 0.230 e. The summed E-state index contributed by atoms with van der Waals surface area (Å²) in [4.78, 5) is 15.1. The van der Waals surface area contributed by atoms with Crippen molar-refractivity contribution in [3.63, 3.8) is 0 Å². The Kier molecular flexibility index (Phi) is 5.11. The Hall–Kier alpha value is -1.39. The van der Waals surface area contributed by atoms with Crippen LogP contribution in [0.3, 0.4) is 0 Å². The number of carbonyl (C=O) groups is 1. The third kappa shape index (κ3) is 3.33. The van der Waals surface area contributed by atoms with Gasteiger partial charge in [-0.05, 0) is 31.4 Å². The zero-order valence-corrected chi connectivity index (χ0v) is 13.3. The molecule has 3 rings (SSSR count). The van der Waals surface area contributed by atoms with Crippen molar-refractivity contribution < 1.29 is 4.79 Å². The highest BCUT2D eigenvalue weighted by atomic mass is 16.2. The Labute approximate surface area is 133 Å². The van der Waals surface area contributed by atoms with Crippen LogP contribution in [0.25, 0.3) is 0 Å². The average molecular weight is 301 g/mol. The van der Waals surface area contributed by atoms with E-state index < -0.39 is 0 Å². The Bertz CT molecular complexity index is 478. The van der Waals surface area contributed by atoms with E-state index in [1.807, 2.05) is 18.2 Å². The standard InChI is InChI=1S/C18H27N3O/c22-17(20-10-5-13-21-14-11-19-12-15-21)18(8-4-9-18)16-6-2-1-3-7-16/h1-3,6-7,19H,4-5,8-15H2,(H,20,22). The van der Waals surface area contributed by atoms with Gasteiger partial charge in [0, 0.05) is 32.7 Å². The summed E-state index contributed by atoms with van der Waals surface area (Å²) in [5.41, 5.74) is 0.928. The van der Waals surface area contributed by atoms with Gasteiger partial charge in [-0.25, -0.2) is 0 Å². The summed E-state index contributed by atoms with van der Waals surface area (Å²) in [6.45, 7) is 6.30. The van der Waals surface area contributed by atoms with Gasteiger partial charge in [-0.2, -0.15) is 0 Å². The van der Waals surface area contributed by atoms with E-state index >= 15 is 0 Å². The van der Waals surface area contributed by atoms with E-state index in [2.05, 4.69) is 27.7 Å². The highest BCUT2D eigenvalue weighted by Gasteiger charge is 2.45. The van der Waals surface area contributed by atoms with E-state index in [1.54, 1.807) is 0 Å². The molecule has 0 bridgehead atoms. The van der Waals surface area contributed by atoms with Crippen LogP contribution in [0.2, 0.25) is 0 Å². The average Bonchev–Trinajstić information content (AvgIpc) is 2.53. The molecule has 1 aromatic carbocycles. The molecule has 0 aromatic heterocycles. The highest BCUT2D eigenvalue weighted by molar-refractivity contribution is 5.89. The molecule has 0 spiro atoms. The number of amides is 1. The second-order valence-corrected chi connectivity index (χ2v) is 6.50. The number of nitrogens with zero attached hydrogens (tertiary/aromatic N) is 1. The van der Waals surface area contributed by atoms with Crippen molar-refractivity contribution in [1.82, 2.24) is 15.5 Å². The topological polar surface area (TPSA) is 44.4 Å². The van der Waals surface area contributed by atoms with Gasteiger partial charge in [0.15, 0.2) is 0 Å². The van der Waals surface area contributed by atoms with E-state index in [0.717, 1.165) is 65.0 Å². The fraction of sp³-hybridized carbons (Fsp3) is 0.611. The molecule has 1 aliphatic heterocycles. The van der Waals surface area contributed by atoms with Crippen LogP contribution < -0.4 is 10.6 Å². The van der Waals surface area contributed by atoms with Crippen LogP contribution in [0.4, 0.5) is 0 Å². The van der Waals surface area contributed by atoms with Crippen LogP contribution in [0.15, 0.2) is 30.3 Å². The minimum absolute atomic E-state index is 0.227. The van der Waals surface area contributed by atoms with Gasteiger partial charge in [0.05, 0.1) is 5.41 Å². The van der Waals surface area contributed by atoms with Gasteiger partial charge in [0.1, 0.15) is 0 Å². The first-order valence-electron chi connectivity index (χ1n) is 8.58. The van der Waals surface area contributed by atoms with Gasteiger partial charge in [-0.3, -0.25) is 4.79 Å². The summed E-state index contributed by atoms with van der Waals surface area (Å²) in [6, 6.07) is 10.3. The molecule has 1 amide bonds. The minimum atomic E-state index is -0.254. The third-order valence-electron chi connectivity index (χ3n) is 5.11. The Morgan fingerprint density at radius 2 is 1.91 bits per heavy atom. The maximum atomic E-state index is 12.7. The lowest BCUT2D eigenvalue weighted by molar-refractivity contribution is -0.129. The first-order chi connectivity index (χ1) is 10.8. The Balaban J connectivity index is 1.46. The number of hydrogen-bond acceptors (Lipinski definition) is 3. The van der Waals surface area contributed by atoms with Crippen molar-refractivity contribution in [2.45, 2.75) is 31.1 Å². The fourth-order valence-electron chi connectivity index (χ4n) is 3.54. The summed E-state index contributed by atoms with van der Waals surface area (Å²) in [7, 11) is 0. The van der Waals surface area contributed by atoms with Crippen molar-refractivity contribution in [2.24, 2.45) is 0 Å². The summed E-state index contributed by atoms with van der Waals surface area (Å²) in [5.74, 6) is 0.227. The molecule has 0 unspecified atom stereocenters. The molecule has 0 radical (unpaired) electrons. The molecule has 22 heavy (non-hydrogen) atoms. The van der Waals surface area contributed by atoms with Gasteiger partial charge in [-0.1, -0.05) is 36.8 Å². The molecule has 4 heteroatoms. The second-order valence-electron chi connectivity index (χ2n) is 6.50. The van der Waals surface area contributed by atoms with E-state index in [0.29, 0.717) is 0 Å². The molecular formula is C18H27N3O. The second kappa shape index (κ2) is 7.25. The number of nitrogens with one attached hydrogen (secondary N) is 2. The van der Waals surface area contributed by atoms with Crippen molar-refractivity contribution in [3.8, 4) is 0 Å². The smallest absolute Gasteiger partial charge is 0.230 e. The molecule has 0 atom stereocenters. The predicted molar refractivity (Wildman–Crippen MR) is 88.9 cm³/mol. The SMILES string of the molecule is O=C(NCCCN1CCNCC1)C1(c2ccccc2)CCC1. The molecule has 2 N–H and O–H groups in total. The van der Waals surface area contributed by atoms with Crippen molar-refractivity contribution in [2.75, 3.05) is 39.3 Å². The summed E-state index contributed by atoms with van der Waals surface area (Å²) in [5, 5.41) is 6.55. The molecule has 120 valence electrons. The zero-order chi connectivity index (χ0) is 15.3. The number of carbonyl (C=O) groups excluding carboxylic acids is 1. The lowest BCUT2D eigenvalue weighted by Crippen LogP contribution is -2.50. The molecule has 4 nitrogen and oxygen atoms in total. The zero-order valence-electron chi connectivity index (χ0n) is 13.3. The van der Waals surface area contributed by atoms with Crippen molar-refractivity contribution in [1.29, 1.82) is 0 Å². The van der Waals surface area contributed by atoms with Crippen LogP contribution in [0.1, 0.15) is 31.2 Å². The van der Waals surface area contributed by atoms with Gasteiger partial charge in [-0.15, -0.1) is 0 Å². The van der Waals surface area contributed by atoms with E-state index in [9.17, 15) is 4.79 Å². The van der Waals surface area contributed by atoms with Gasteiger partial charge < -0.3 is 15.5 Å². The van der Waals surface area contributed by atoms with Gasteiger partial charge in [0.2, 0.25) is 5.91 Å². The molecule has 2 aliphatic rings. The molecule has 2 fully saturated rings. The summed E-state index contributed by atoms with van der Waals surface area (Å²) in [6.07, 6.45) is 4.17. The largest absolute Gasteiger partial charge is 0.355 e. The molecule has 1 saturated heterocycles. The monoisotopic (exact) mass is 301 g/mol. The Morgan fingerprint density at radius 1 is 1.18 bits per heavy atom. The third-order valence-corrected chi connectivity index (χ3v) is 5.11. The summed E-state index contributed by atoms with van der Waals surface area (Å²) >= 11 is 0. The quantitative estimate of drug-likeness (QED) is 0.783. The van der Waals surface area contributed by atoms with Crippen molar-refractivity contribution >= 4 is 5.91 Å². The van der Waals surface area contributed by atoms with Gasteiger partial charge >= 0.3 is 0 Å². The predicted octanol–water partition coefficient (Wildman–Crippen LogP) is 1.52. The van der Waals surface area contributed by atoms with Crippen molar-refractivity contribution in [3.05, 3.63) is 35.9 Å². The first kappa shape index (κ1) is 15.5.